The fourth-order valence-corrected chi connectivity index (χ4v) is 1.79. The van der Waals surface area contributed by atoms with Crippen molar-refractivity contribution in [2.75, 3.05) is 12.4 Å². The fourth-order valence-electron chi connectivity index (χ4n) is 1.17. The minimum Gasteiger partial charge on any atom is -0.464 e. The normalized spacial score (nSPS) is 12.2. The number of carbonyl (C=O) groups excluding carboxylic acids is 3. The van der Waals surface area contributed by atoms with E-state index < -0.39 is 28.6 Å². The molecule has 1 unspecified atom stereocenters. The second-order valence-corrected chi connectivity index (χ2v) is 5.60. The molecular formula is C11H18N2O7S. The van der Waals surface area contributed by atoms with E-state index in [-0.39, 0.29) is 17.5 Å². The molecule has 0 aliphatic heterocycles. The predicted octanol–water partition coefficient (Wildman–Crippen LogP) is 0.301. The summed E-state index contributed by atoms with van der Waals surface area (Å²) < 4.78 is 4.78. The van der Waals surface area contributed by atoms with Crippen LogP contribution in [0.4, 0.5) is 0 Å². The van der Waals surface area contributed by atoms with Crippen LogP contribution in [-0.2, 0) is 24.0 Å². The standard InChI is InChI=1S/C11H18N2O7S/c1-5-19-9(15)8(6-21-7(2)14)12-10(16)11(3,4)20-13(17)18/h8H,5-6H2,1-4H3,(H,12,16). The van der Waals surface area contributed by atoms with Crippen molar-refractivity contribution in [1.29, 1.82) is 0 Å². The Balaban J connectivity index is 4.85. The molecule has 0 bridgehead atoms. The summed E-state index contributed by atoms with van der Waals surface area (Å²) >= 11 is 0.831. The third-order valence-electron chi connectivity index (χ3n) is 2.18. The van der Waals surface area contributed by atoms with Crippen LogP contribution in [0.2, 0.25) is 0 Å². The molecule has 0 rings (SSSR count). The van der Waals surface area contributed by atoms with E-state index >= 15 is 0 Å². The summed E-state index contributed by atoms with van der Waals surface area (Å²) in [6.07, 6.45) is 0. The van der Waals surface area contributed by atoms with Gasteiger partial charge in [0.1, 0.15) is 6.04 Å². The lowest BCUT2D eigenvalue weighted by Crippen LogP contribution is -2.52. The predicted molar refractivity (Wildman–Crippen MR) is 73.9 cm³/mol. The van der Waals surface area contributed by atoms with Crippen molar-refractivity contribution in [3.8, 4) is 0 Å². The van der Waals surface area contributed by atoms with Gasteiger partial charge in [-0.2, -0.15) is 0 Å². The Morgan fingerprint density at radius 1 is 1.38 bits per heavy atom. The molecule has 0 heterocycles. The zero-order valence-corrected chi connectivity index (χ0v) is 13.0. The zero-order valence-electron chi connectivity index (χ0n) is 12.2. The van der Waals surface area contributed by atoms with Gasteiger partial charge >= 0.3 is 5.97 Å². The van der Waals surface area contributed by atoms with E-state index in [9.17, 15) is 24.5 Å². The van der Waals surface area contributed by atoms with Crippen molar-refractivity contribution in [3.05, 3.63) is 10.1 Å². The van der Waals surface area contributed by atoms with Gasteiger partial charge in [-0.1, -0.05) is 11.8 Å². The highest BCUT2D eigenvalue weighted by Crippen LogP contribution is 2.12. The van der Waals surface area contributed by atoms with Crippen molar-refractivity contribution < 1.29 is 29.0 Å². The van der Waals surface area contributed by atoms with Gasteiger partial charge in [-0.3, -0.25) is 14.4 Å². The summed E-state index contributed by atoms with van der Waals surface area (Å²) in [4.78, 5) is 49.1. The van der Waals surface area contributed by atoms with E-state index in [1.807, 2.05) is 0 Å². The molecule has 1 N–H and O–H groups in total. The summed E-state index contributed by atoms with van der Waals surface area (Å²) in [5, 5.41) is 11.3. The number of hydrogen-bond acceptors (Lipinski definition) is 8. The molecule has 0 fully saturated rings. The number of rotatable bonds is 8. The topological polar surface area (TPSA) is 125 Å². The van der Waals surface area contributed by atoms with E-state index in [4.69, 9.17) is 4.74 Å². The van der Waals surface area contributed by atoms with Crippen LogP contribution < -0.4 is 5.32 Å². The van der Waals surface area contributed by atoms with Gasteiger partial charge in [0, 0.05) is 12.7 Å². The Morgan fingerprint density at radius 3 is 2.38 bits per heavy atom. The van der Waals surface area contributed by atoms with Crippen molar-refractivity contribution in [1.82, 2.24) is 5.32 Å². The first kappa shape index (κ1) is 19.2. The SMILES string of the molecule is CCOC(=O)C(CSC(C)=O)NC(=O)C(C)(C)O[N+](=O)[O-]. The van der Waals surface area contributed by atoms with E-state index in [1.165, 1.54) is 20.8 Å². The molecule has 9 nitrogen and oxygen atoms in total. The van der Waals surface area contributed by atoms with E-state index in [2.05, 4.69) is 10.2 Å². The van der Waals surface area contributed by atoms with Crippen LogP contribution in [0.3, 0.4) is 0 Å². The minimum absolute atomic E-state index is 0.0333. The smallest absolute Gasteiger partial charge is 0.329 e. The first-order chi connectivity index (χ1) is 9.60. The Labute approximate surface area is 125 Å². The summed E-state index contributed by atoms with van der Waals surface area (Å²) in [5.74, 6) is -1.62. The number of ether oxygens (including phenoxy) is 1. The molecule has 0 saturated heterocycles. The minimum atomic E-state index is -1.77. The molecule has 0 aromatic rings. The van der Waals surface area contributed by atoms with Crippen LogP contribution in [0, 0.1) is 10.1 Å². The molecule has 120 valence electrons. The molecule has 0 spiro atoms. The highest BCUT2D eigenvalue weighted by atomic mass is 32.2. The number of nitrogens with one attached hydrogen (secondary N) is 1. The molecule has 0 aromatic carbocycles. The van der Waals surface area contributed by atoms with Gasteiger partial charge in [0.2, 0.25) is 0 Å². The lowest BCUT2D eigenvalue weighted by atomic mass is 10.1. The Hall–Kier alpha value is -1.84. The fraction of sp³-hybridized carbons (Fsp3) is 0.727. The monoisotopic (exact) mass is 322 g/mol. The van der Waals surface area contributed by atoms with E-state index in [0.717, 1.165) is 11.8 Å². The van der Waals surface area contributed by atoms with E-state index in [1.54, 1.807) is 6.92 Å². The summed E-state index contributed by atoms with van der Waals surface area (Å²) in [5.41, 5.74) is -1.77. The number of carbonyl (C=O) groups is 3. The molecule has 1 atom stereocenters. The maximum Gasteiger partial charge on any atom is 0.329 e. The van der Waals surface area contributed by atoms with Gasteiger partial charge in [-0.05, 0) is 20.8 Å². The number of nitrogens with zero attached hydrogens (tertiary/aromatic N) is 1. The largest absolute Gasteiger partial charge is 0.464 e. The van der Waals surface area contributed by atoms with Crippen LogP contribution in [0.25, 0.3) is 0 Å². The van der Waals surface area contributed by atoms with Gasteiger partial charge in [0.25, 0.3) is 11.0 Å². The van der Waals surface area contributed by atoms with Crippen LogP contribution in [0.5, 0.6) is 0 Å². The first-order valence-electron chi connectivity index (χ1n) is 6.04. The number of esters is 1. The number of hydrogen-bond donors (Lipinski definition) is 1. The molecular weight excluding hydrogens is 304 g/mol. The second-order valence-electron chi connectivity index (χ2n) is 4.41. The number of thioether (sulfide) groups is 1. The van der Waals surface area contributed by atoms with Crippen molar-refractivity contribution in [2.24, 2.45) is 0 Å². The van der Waals surface area contributed by atoms with Crippen molar-refractivity contribution >= 4 is 28.8 Å². The Kier molecular flexibility index (Phi) is 7.71. The Morgan fingerprint density at radius 2 is 1.95 bits per heavy atom. The lowest BCUT2D eigenvalue weighted by Gasteiger charge is -2.24. The lowest BCUT2D eigenvalue weighted by molar-refractivity contribution is -0.774. The van der Waals surface area contributed by atoms with Gasteiger partial charge in [0.15, 0.2) is 10.7 Å². The molecule has 21 heavy (non-hydrogen) atoms. The van der Waals surface area contributed by atoms with Crippen molar-refractivity contribution in [3.63, 3.8) is 0 Å². The molecule has 0 aromatic heterocycles. The quantitative estimate of drug-likeness (QED) is 0.384. The zero-order chi connectivity index (χ0) is 16.6. The van der Waals surface area contributed by atoms with Crippen LogP contribution in [0.1, 0.15) is 27.7 Å². The molecule has 0 radical (unpaired) electrons. The average molecular weight is 322 g/mol. The molecule has 0 aliphatic carbocycles. The van der Waals surface area contributed by atoms with Crippen LogP contribution in [-0.4, -0.2) is 46.1 Å². The summed E-state index contributed by atoms with van der Waals surface area (Å²) in [7, 11) is 0. The van der Waals surface area contributed by atoms with Gasteiger partial charge in [-0.15, -0.1) is 10.1 Å². The van der Waals surface area contributed by atoms with Gasteiger partial charge < -0.3 is 10.1 Å². The average Bonchev–Trinajstić information content (AvgIpc) is 2.32. The maximum atomic E-state index is 11.9. The van der Waals surface area contributed by atoms with Gasteiger partial charge in [-0.25, -0.2) is 4.79 Å². The molecule has 1 amide bonds. The molecule has 0 saturated carbocycles. The third-order valence-corrected chi connectivity index (χ3v) is 3.09. The maximum absolute atomic E-state index is 11.9. The highest BCUT2D eigenvalue weighted by Gasteiger charge is 2.35. The molecule has 0 aliphatic rings. The number of amides is 1. The van der Waals surface area contributed by atoms with Crippen LogP contribution >= 0.6 is 11.8 Å². The van der Waals surface area contributed by atoms with Crippen molar-refractivity contribution in [2.45, 2.75) is 39.3 Å². The summed E-state index contributed by atoms with van der Waals surface area (Å²) in [6.45, 7) is 5.38. The summed E-state index contributed by atoms with van der Waals surface area (Å²) in [6, 6.07) is -1.10. The first-order valence-corrected chi connectivity index (χ1v) is 7.03. The second kappa shape index (κ2) is 8.45. The van der Waals surface area contributed by atoms with E-state index in [0.29, 0.717) is 0 Å². The highest BCUT2D eigenvalue weighted by molar-refractivity contribution is 8.13. The van der Waals surface area contributed by atoms with Gasteiger partial charge in [0.05, 0.1) is 6.61 Å². The van der Waals surface area contributed by atoms with Crippen LogP contribution in [0.15, 0.2) is 0 Å². The third kappa shape index (κ3) is 7.49. The Bertz CT molecular complexity index is 425. The molecule has 10 heteroatoms.